The van der Waals surface area contributed by atoms with E-state index in [4.69, 9.17) is 13.8 Å². The van der Waals surface area contributed by atoms with Gasteiger partial charge in [0.05, 0.1) is 25.4 Å². The van der Waals surface area contributed by atoms with Gasteiger partial charge in [0, 0.05) is 12.6 Å². The first-order valence-electron chi connectivity index (χ1n) is 10.4. The number of aliphatic hydroxyl groups is 1. The minimum Gasteiger partial charge on any atom is -0.468 e. The molecule has 184 valence electrons. The predicted octanol–water partition coefficient (Wildman–Crippen LogP) is 1.18. The molecule has 4 unspecified atom stereocenters. The van der Waals surface area contributed by atoms with E-state index < -0.39 is 49.9 Å². The van der Waals surface area contributed by atoms with Gasteiger partial charge >= 0.3 is 19.4 Å². The van der Waals surface area contributed by atoms with E-state index in [-0.39, 0.29) is 24.3 Å². The van der Waals surface area contributed by atoms with Gasteiger partial charge in [0.1, 0.15) is 24.6 Å². The Morgan fingerprint density at radius 1 is 1.35 bits per heavy atom. The maximum absolute atomic E-state index is 13.2. The third kappa shape index (κ3) is 6.52. The van der Waals surface area contributed by atoms with Crippen LogP contribution < -0.4 is 20.9 Å². The molecule has 0 aliphatic carbocycles. The zero-order valence-corrected chi connectivity index (χ0v) is 19.5. The molecule has 34 heavy (non-hydrogen) atoms. The van der Waals surface area contributed by atoms with Crippen LogP contribution in [0.5, 0.6) is 5.75 Å². The van der Waals surface area contributed by atoms with Crippen LogP contribution in [0.4, 0.5) is 0 Å². The highest BCUT2D eigenvalue weighted by Crippen LogP contribution is 2.45. The number of aliphatic hydroxyl groups excluding tert-OH is 1. The minimum atomic E-state index is -4.08. The fourth-order valence-corrected chi connectivity index (χ4v) is 4.45. The number of aromatic amines is 1. The van der Waals surface area contributed by atoms with Crippen molar-refractivity contribution < 1.29 is 33.0 Å². The first-order valence-corrected chi connectivity index (χ1v) is 11.9. The number of hydrogen-bond donors (Lipinski definition) is 3. The van der Waals surface area contributed by atoms with Gasteiger partial charge in [-0.2, -0.15) is 0 Å². The maximum Gasteiger partial charge on any atom is 0.459 e. The SMILES string of the molecule is C/C=C/c1cn(C2CC(O)C(COP(=O)(NCC(=O)OC)Oc3ccccc3)O2)c(=O)[nH]c1=O. The lowest BCUT2D eigenvalue weighted by atomic mass is 10.2. The van der Waals surface area contributed by atoms with Crippen molar-refractivity contribution in [3.8, 4) is 5.75 Å². The number of nitrogens with one attached hydrogen (secondary N) is 2. The van der Waals surface area contributed by atoms with Crippen LogP contribution in [0.2, 0.25) is 0 Å². The Balaban J connectivity index is 1.72. The average molecular weight is 495 g/mol. The predicted molar refractivity (Wildman–Crippen MR) is 121 cm³/mol. The summed E-state index contributed by atoms with van der Waals surface area (Å²) in [4.78, 5) is 37.9. The molecular formula is C21H26N3O9P. The monoisotopic (exact) mass is 495 g/mol. The van der Waals surface area contributed by atoms with Crippen LogP contribution >= 0.6 is 7.75 Å². The summed E-state index contributed by atoms with van der Waals surface area (Å²) in [5.74, 6) is -0.461. The van der Waals surface area contributed by atoms with E-state index in [9.17, 15) is 24.1 Å². The number of benzene rings is 1. The molecule has 1 aromatic heterocycles. The van der Waals surface area contributed by atoms with Crippen LogP contribution in [0, 0.1) is 0 Å². The summed E-state index contributed by atoms with van der Waals surface area (Å²) in [6.07, 6.45) is 1.60. The number of H-pyrrole nitrogens is 1. The number of methoxy groups -OCH3 is 1. The molecular weight excluding hydrogens is 469 g/mol. The third-order valence-corrected chi connectivity index (χ3v) is 6.36. The topological polar surface area (TPSA) is 158 Å². The van der Waals surface area contributed by atoms with Gasteiger partial charge in [0.15, 0.2) is 0 Å². The molecule has 4 atom stereocenters. The summed E-state index contributed by atoms with van der Waals surface area (Å²) in [5.41, 5.74) is -1.00. The Morgan fingerprint density at radius 2 is 2.09 bits per heavy atom. The number of ether oxygens (including phenoxy) is 2. The maximum atomic E-state index is 13.2. The number of carbonyl (C=O) groups is 1. The molecule has 0 saturated carbocycles. The van der Waals surface area contributed by atoms with Crippen molar-refractivity contribution >= 4 is 19.8 Å². The van der Waals surface area contributed by atoms with Crippen molar-refractivity contribution in [1.82, 2.24) is 14.6 Å². The first-order chi connectivity index (χ1) is 16.2. The molecule has 3 rings (SSSR count). The standard InChI is InChI=1S/C21H26N3O9P/c1-3-7-14-12-24(21(28)23-20(14)27)18-10-16(25)17(32-18)13-31-34(29,22-11-19(26)30-2)33-15-8-5-4-6-9-15/h3-9,12,16-18,25H,10-11,13H2,1-2H3,(H,22,29)(H,23,27,28)/b7-3+. The number of esters is 1. The van der Waals surface area contributed by atoms with Gasteiger partial charge in [-0.3, -0.25) is 23.7 Å². The molecule has 0 bridgehead atoms. The van der Waals surface area contributed by atoms with E-state index in [1.165, 1.54) is 19.4 Å². The minimum absolute atomic E-state index is 0.0225. The fourth-order valence-electron chi connectivity index (χ4n) is 3.18. The van der Waals surface area contributed by atoms with E-state index in [1.54, 1.807) is 43.3 Å². The van der Waals surface area contributed by atoms with Gasteiger partial charge in [0.25, 0.3) is 5.56 Å². The van der Waals surface area contributed by atoms with Gasteiger partial charge in [0.2, 0.25) is 0 Å². The molecule has 1 aliphatic rings. The summed E-state index contributed by atoms with van der Waals surface area (Å²) >= 11 is 0. The number of para-hydroxylation sites is 1. The number of nitrogens with zero attached hydrogens (tertiary/aromatic N) is 1. The van der Waals surface area contributed by atoms with E-state index in [2.05, 4.69) is 14.8 Å². The highest BCUT2D eigenvalue weighted by molar-refractivity contribution is 7.52. The van der Waals surface area contributed by atoms with Gasteiger partial charge in [-0.1, -0.05) is 30.4 Å². The zero-order valence-electron chi connectivity index (χ0n) is 18.6. The van der Waals surface area contributed by atoms with Gasteiger partial charge < -0.3 is 19.1 Å². The summed E-state index contributed by atoms with van der Waals surface area (Å²) in [5, 5.41) is 12.9. The largest absolute Gasteiger partial charge is 0.468 e. The van der Waals surface area contributed by atoms with Crippen molar-refractivity contribution in [3.63, 3.8) is 0 Å². The fraction of sp³-hybridized carbons (Fsp3) is 0.381. The zero-order chi connectivity index (χ0) is 24.7. The summed E-state index contributed by atoms with van der Waals surface area (Å²) in [7, 11) is -2.90. The lowest BCUT2D eigenvalue weighted by molar-refractivity contribution is -0.139. The Bertz CT molecular complexity index is 1180. The summed E-state index contributed by atoms with van der Waals surface area (Å²) in [6.45, 7) is 0.899. The molecule has 0 spiro atoms. The van der Waals surface area contributed by atoms with Gasteiger partial charge in [-0.05, 0) is 19.1 Å². The molecule has 3 N–H and O–H groups in total. The molecule has 1 fully saturated rings. The number of hydrogen-bond acceptors (Lipinski definition) is 9. The van der Waals surface area contributed by atoms with Crippen LogP contribution in [0.25, 0.3) is 6.08 Å². The molecule has 1 aromatic carbocycles. The quantitative estimate of drug-likeness (QED) is 0.323. The van der Waals surface area contributed by atoms with Crippen molar-refractivity contribution in [2.75, 3.05) is 20.3 Å². The average Bonchev–Trinajstić information content (AvgIpc) is 3.19. The van der Waals surface area contributed by atoms with Crippen molar-refractivity contribution in [2.45, 2.75) is 31.8 Å². The lowest BCUT2D eigenvalue weighted by Crippen LogP contribution is -2.33. The van der Waals surface area contributed by atoms with Crippen LogP contribution in [-0.4, -0.2) is 53.1 Å². The Hall–Kier alpha value is -3.02. The van der Waals surface area contributed by atoms with Crippen molar-refractivity contribution in [3.05, 3.63) is 69.0 Å². The Kier molecular flexibility index (Phi) is 8.59. The Morgan fingerprint density at radius 3 is 2.76 bits per heavy atom. The summed E-state index contributed by atoms with van der Waals surface area (Å²) in [6, 6.07) is 8.18. The number of allylic oxidation sites excluding steroid dienone is 1. The summed E-state index contributed by atoms with van der Waals surface area (Å²) < 4.78 is 35.6. The van der Waals surface area contributed by atoms with Gasteiger partial charge in [-0.25, -0.2) is 14.4 Å². The first kappa shape index (κ1) is 25.6. The molecule has 0 radical (unpaired) electrons. The highest BCUT2D eigenvalue weighted by Gasteiger charge is 2.38. The van der Waals surface area contributed by atoms with Crippen molar-refractivity contribution in [2.24, 2.45) is 0 Å². The molecule has 1 saturated heterocycles. The second kappa shape index (κ2) is 11.4. The smallest absolute Gasteiger partial charge is 0.459 e. The van der Waals surface area contributed by atoms with E-state index in [1.807, 2.05) is 0 Å². The van der Waals surface area contributed by atoms with Crippen LogP contribution in [0.1, 0.15) is 25.1 Å². The molecule has 12 nitrogen and oxygen atoms in total. The van der Waals surface area contributed by atoms with Gasteiger partial charge in [-0.15, -0.1) is 0 Å². The normalized spacial score (nSPS) is 21.9. The number of rotatable bonds is 10. The van der Waals surface area contributed by atoms with E-state index in [0.29, 0.717) is 0 Å². The molecule has 1 aliphatic heterocycles. The second-order valence-corrected chi connectivity index (χ2v) is 9.04. The molecule has 2 aromatic rings. The van der Waals surface area contributed by atoms with Crippen LogP contribution in [0.3, 0.4) is 0 Å². The molecule has 0 amide bonds. The molecule has 13 heteroatoms. The second-order valence-electron chi connectivity index (χ2n) is 7.29. The number of carbonyl (C=O) groups excluding carboxylic acids is 1. The van der Waals surface area contributed by atoms with Crippen molar-refractivity contribution in [1.29, 1.82) is 0 Å². The number of aromatic nitrogens is 2. The third-order valence-electron chi connectivity index (χ3n) is 4.88. The van der Waals surface area contributed by atoms with Crippen LogP contribution in [0.15, 0.2) is 52.2 Å². The van der Waals surface area contributed by atoms with E-state index >= 15 is 0 Å². The van der Waals surface area contributed by atoms with E-state index in [0.717, 1.165) is 4.57 Å². The lowest BCUT2D eigenvalue weighted by Gasteiger charge is -2.22. The highest BCUT2D eigenvalue weighted by atomic mass is 31.2. The Labute approximate surface area is 194 Å². The van der Waals surface area contributed by atoms with Crippen LogP contribution in [-0.2, 0) is 23.4 Å². The molecule has 2 heterocycles.